The lowest BCUT2D eigenvalue weighted by Crippen LogP contribution is -2.55. The molecule has 7 nitrogen and oxygen atoms in total. The summed E-state index contributed by atoms with van der Waals surface area (Å²) in [5, 5.41) is 14.7. The summed E-state index contributed by atoms with van der Waals surface area (Å²) < 4.78 is 13.9. The van der Waals surface area contributed by atoms with Gasteiger partial charge < -0.3 is 15.7 Å². The standard InChI is InChI=1S/C22H25ClFN3O4/c1-5-17(27(21(30)31)22(2,3)4)19(28)26-16-12-8-9-13(23)18(16)20(29)25-15-11-7-6-10-14(15)24/h6-12,17H,5H2,1-4H3,(H,25,29)(H,26,28)(H,30,31)/t17-/m0/s1. The lowest BCUT2D eigenvalue weighted by molar-refractivity contribution is -0.122. The number of rotatable bonds is 6. The number of carbonyl (C=O) groups is 3. The SMILES string of the molecule is CC[C@@H](C(=O)Nc1cccc(Cl)c1C(=O)Nc1ccccc1F)N(C(=O)O)C(C)(C)C. The second-order valence-electron chi connectivity index (χ2n) is 7.83. The topological polar surface area (TPSA) is 98.7 Å². The molecule has 0 spiro atoms. The Kier molecular flexibility index (Phi) is 7.62. The maximum Gasteiger partial charge on any atom is 0.408 e. The van der Waals surface area contributed by atoms with Gasteiger partial charge in [-0.25, -0.2) is 9.18 Å². The molecule has 0 aromatic heterocycles. The summed E-state index contributed by atoms with van der Waals surface area (Å²) in [4.78, 5) is 38.7. The number of halogens is 2. The largest absolute Gasteiger partial charge is 0.465 e. The highest BCUT2D eigenvalue weighted by Crippen LogP contribution is 2.28. The van der Waals surface area contributed by atoms with Crippen molar-refractivity contribution in [3.05, 3.63) is 58.9 Å². The van der Waals surface area contributed by atoms with E-state index in [0.717, 1.165) is 4.90 Å². The molecule has 0 aliphatic carbocycles. The van der Waals surface area contributed by atoms with Crippen LogP contribution in [-0.2, 0) is 4.79 Å². The van der Waals surface area contributed by atoms with E-state index in [4.69, 9.17) is 11.6 Å². The predicted octanol–water partition coefficient (Wildman–Crippen LogP) is 5.23. The Balaban J connectivity index is 2.36. The monoisotopic (exact) mass is 449 g/mol. The van der Waals surface area contributed by atoms with E-state index in [-0.39, 0.29) is 28.4 Å². The molecule has 0 bridgehead atoms. The normalized spacial score (nSPS) is 12.1. The molecule has 0 radical (unpaired) electrons. The highest BCUT2D eigenvalue weighted by atomic mass is 35.5. The summed E-state index contributed by atoms with van der Waals surface area (Å²) >= 11 is 6.20. The van der Waals surface area contributed by atoms with Crippen molar-refractivity contribution < 1.29 is 23.9 Å². The number of nitrogens with one attached hydrogen (secondary N) is 2. The van der Waals surface area contributed by atoms with E-state index in [1.165, 1.54) is 36.4 Å². The highest BCUT2D eigenvalue weighted by molar-refractivity contribution is 6.35. The minimum absolute atomic E-state index is 0.0408. The summed E-state index contributed by atoms with van der Waals surface area (Å²) in [6.07, 6.45) is -1.02. The number of carboxylic acid groups (broad SMARTS) is 1. The van der Waals surface area contributed by atoms with Crippen molar-refractivity contribution in [3.63, 3.8) is 0 Å². The molecule has 0 saturated heterocycles. The van der Waals surface area contributed by atoms with Gasteiger partial charge in [-0.15, -0.1) is 0 Å². The van der Waals surface area contributed by atoms with Gasteiger partial charge in [-0.1, -0.05) is 36.7 Å². The molecule has 31 heavy (non-hydrogen) atoms. The Morgan fingerprint density at radius 2 is 1.68 bits per heavy atom. The van der Waals surface area contributed by atoms with Gasteiger partial charge in [-0.05, 0) is 51.5 Å². The molecule has 166 valence electrons. The van der Waals surface area contributed by atoms with E-state index in [9.17, 15) is 23.9 Å². The Labute approximate surface area is 185 Å². The maximum atomic E-state index is 13.9. The minimum atomic E-state index is -1.24. The number of hydrogen-bond donors (Lipinski definition) is 3. The van der Waals surface area contributed by atoms with Crippen molar-refractivity contribution in [2.45, 2.75) is 45.7 Å². The number of hydrogen-bond acceptors (Lipinski definition) is 3. The number of amides is 3. The molecule has 0 heterocycles. The zero-order chi connectivity index (χ0) is 23.3. The van der Waals surface area contributed by atoms with Crippen molar-refractivity contribution in [3.8, 4) is 0 Å². The molecule has 2 aromatic carbocycles. The van der Waals surface area contributed by atoms with E-state index < -0.39 is 35.3 Å². The smallest absolute Gasteiger partial charge is 0.408 e. The highest BCUT2D eigenvalue weighted by Gasteiger charge is 2.36. The number of anilines is 2. The first-order chi connectivity index (χ1) is 14.5. The molecule has 2 rings (SSSR count). The third-order valence-electron chi connectivity index (χ3n) is 4.55. The van der Waals surface area contributed by atoms with Crippen molar-refractivity contribution in [1.29, 1.82) is 0 Å². The van der Waals surface area contributed by atoms with Crippen LogP contribution in [0.25, 0.3) is 0 Å². The van der Waals surface area contributed by atoms with Gasteiger partial charge in [0.05, 0.1) is 22.0 Å². The van der Waals surface area contributed by atoms with E-state index in [1.54, 1.807) is 33.8 Å². The van der Waals surface area contributed by atoms with Crippen LogP contribution >= 0.6 is 11.6 Å². The van der Waals surface area contributed by atoms with Gasteiger partial charge in [0.15, 0.2) is 0 Å². The van der Waals surface area contributed by atoms with Crippen LogP contribution < -0.4 is 10.6 Å². The molecule has 0 aliphatic heterocycles. The van der Waals surface area contributed by atoms with Crippen LogP contribution in [0.3, 0.4) is 0 Å². The Hall–Kier alpha value is -3.13. The van der Waals surface area contributed by atoms with Gasteiger partial charge in [0.25, 0.3) is 5.91 Å². The zero-order valence-corrected chi connectivity index (χ0v) is 18.5. The summed E-state index contributed by atoms with van der Waals surface area (Å²) in [5.41, 5.74) is -0.846. The van der Waals surface area contributed by atoms with E-state index in [0.29, 0.717) is 0 Å². The molecule has 0 fully saturated rings. The third-order valence-corrected chi connectivity index (χ3v) is 4.87. The lowest BCUT2D eigenvalue weighted by atomic mass is 10.0. The van der Waals surface area contributed by atoms with Crippen LogP contribution in [0.2, 0.25) is 5.02 Å². The summed E-state index contributed by atoms with van der Waals surface area (Å²) in [5.74, 6) is -1.95. The summed E-state index contributed by atoms with van der Waals surface area (Å²) in [6, 6.07) is 9.11. The van der Waals surface area contributed by atoms with Gasteiger partial charge in [0, 0.05) is 5.54 Å². The van der Waals surface area contributed by atoms with Gasteiger partial charge in [-0.3, -0.25) is 14.5 Å². The molecule has 2 aromatic rings. The average Bonchev–Trinajstić information content (AvgIpc) is 2.66. The van der Waals surface area contributed by atoms with Gasteiger partial charge in [-0.2, -0.15) is 0 Å². The van der Waals surface area contributed by atoms with Crippen LogP contribution in [0.5, 0.6) is 0 Å². The van der Waals surface area contributed by atoms with Crippen molar-refractivity contribution in [1.82, 2.24) is 4.90 Å². The van der Waals surface area contributed by atoms with Gasteiger partial charge in [0.2, 0.25) is 5.91 Å². The molecular formula is C22H25ClFN3O4. The van der Waals surface area contributed by atoms with Crippen LogP contribution in [0.1, 0.15) is 44.5 Å². The van der Waals surface area contributed by atoms with E-state index in [1.807, 2.05) is 0 Å². The van der Waals surface area contributed by atoms with Gasteiger partial charge >= 0.3 is 6.09 Å². The molecule has 0 saturated carbocycles. The molecule has 1 atom stereocenters. The van der Waals surface area contributed by atoms with Gasteiger partial charge in [0.1, 0.15) is 11.9 Å². The number of carbonyl (C=O) groups excluding carboxylic acids is 2. The first kappa shape index (κ1) is 24.1. The van der Waals surface area contributed by atoms with Crippen LogP contribution in [0.15, 0.2) is 42.5 Å². The van der Waals surface area contributed by atoms with E-state index >= 15 is 0 Å². The maximum absolute atomic E-state index is 13.9. The Morgan fingerprint density at radius 1 is 1.06 bits per heavy atom. The quantitative estimate of drug-likeness (QED) is 0.562. The minimum Gasteiger partial charge on any atom is -0.465 e. The molecule has 0 unspecified atom stereocenters. The first-order valence-electron chi connectivity index (χ1n) is 9.64. The molecule has 3 N–H and O–H groups in total. The number of para-hydroxylation sites is 1. The lowest BCUT2D eigenvalue weighted by Gasteiger charge is -2.38. The second kappa shape index (κ2) is 9.78. The van der Waals surface area contributed by atoms with E-state index in [2.05, 4.69) is 10.6 Å². The number of benzene rings is 2. The fourth-order valence-electron chi connectivity index (χ4n) is 3.20. The molecule has 9 heteroatoms. The van der Waals surface area contributed by atoms with Crippen LogP contribution in [0.4, 0.5) is 20.6 Å². The molecular weight excluding hydrogens is 425 g/mol. The summed E-state index contributed by atoms with van der Waals surface area (Å²) in [6.45, 7) is 6.74. The first-order valence-corrected chi connectivity index (χ1v) is 10.0. The van der Waals surface area contributed by atoms with Crippen LogP contribution in [0, 0.1) is 5.82 Å². The van der Waals surface area contributed by atoms with Crippen molar-refractivity contribution >= 4 is 40.9 Å². The molecule has 3 amide bonds. The predicted molar refractivity (Wildman–Crippen MR) is 118 cm³/mol. The van der Waals surface area contributed by atoms with Crippen molar-refractivity contribution in [2.75, 3.05) is 10.6 Å². The number of nitrogens with zero attached hydrogens (tertiary/aromatic N) is 1. The Morgan fingerprint density at radius 3 is 2.23 bits per heavy atom. The third kappa shape index (κ3) is 5.73. The zero-order valence-electron chi connectivity index (χ0n) is 17.7. The Bertz CT molecular complexity index is 991. The fraction of sp³-hybridized carbons (Fsp3) is 0.318. The van der Waals surface area contributed by atoms with Crippen molar-refractivity contribution in [2.24, 2.45) is 0 Å². The molecule has 0 aliphatic rings. The second-order valence-corrected chi connectivity index (χ2v) is 8.24. The summed E-state index contributed by atoms with van der Waals surface area (Å²) in [7, 11) is 0. The van der Waals surface area contributed by atoms with Crippen LogP contribution in [-0.4, -0.2) is 39.5 Å². The fourth-order valence-corrected chi connectivity index (χ4v) is 3.46. The average molecular weight is 450 g/mol.